The van der Waals surface area contributed by atoms with Gasteiger partial charge in [0.1, 0.15) is 5.69 Å². The van der Waals surface area contributed by atoms with Crippen LogP contribution in [-0.4, -0.2) is 47.4 Å². The lowest BCUT2D eigenvalue weighted by Crippen LogP contribution is -2.49. The van der Waals surface area contributed by atoms with Gasteiger partial charge in [-0.1, -0.05) is 11.6 Å². The van der Waals surface area contributed by atoms with Gasteiger partial charge >= 0.3 is 0 Å². The maximum atomic E-state index is 12.6. The van der Waals surface area contributed by atoms with Crippen molar-refractivity contribution in [1.29, 1.82) is 0 Å². The molecule has 1 aliphatic rings. The van der Waals surface area contributed by atoms with E-state index >= 15 is 0 Å². The van der Waals surface area contributed by atoms with Gasteiger partial charge in [0.15, 0.2) is 11.5 Å². The Balaban J connectivity index is 1.74. The number of hydrogen-bond donors (Lipinski definition) is 0. The van der Waals surface area contributed by atoms with Crippen molar-refractivity contribution in [3.63, 3.8) is 0 Å². The van der Waals surface area contributed by atoms with E-state index in [-0.39, 0.29) is 29.9 Å². The number of furan rings is 1. The fraction of sp³-hybridized carbons (Fsp3) is 0.312. The summed E-state index contributed by atoms with van der Waals surface area (Å²) in [6.45, 7) is 1.16. The number of Topliss-reactive ketones (excluding diaryl/α,β-unsaturated/α-hetero) is 1. The van der Waals surface area contributed by atoms with Crippen molar-refractivity contribution in [2.75, 3.05) is 19.8 Å². The van der Waals surface area contributed by atoms with Crippen molar-refractivity contribution < 1.29 is 18.7 Å². The van der Waals surface area contributed by atoms with Crippen molar-refractivity contribution in [3.05, 3.63) is 53.2 Å². The number of nitrogens with zero attached hydrogens (tertiary/aromatic N) is 2. The minimum absolute atomic E-state index is 0.146. The molecule has 7 heteroatoms. The van der Waals surface area contributed by atoms with E-state index in [0.29, 0.717) is 30.5 Å². The first-order valence-electron chi connectivity index (χ1n) is 7.22. The van der Waals surface area contributed by atoms with Gasteiger partial charge in [0.05, 0.1) is 30.5 Å². The lowest BCUT2D eigenvalue weighted by Gasteiger charge is -2.35. The van der Waals surface area contributed by atoms with Crippen LogP contribution in [0.25, 0.3) is 0 Å². The molecule has 0 radical (unpaired) electrons. The number of hydrogen-bond acceptors (Lipinski definition) is 5. The molecule has 2 aromatic rings. The monoisotopic (exact) mass is 334 g/mol. The second-order valence-electron chi connectivity index (χ2n) is 5.19. The molecule has 1 amide bonds. The highest BCUT2D eigenvalue weighted by Gasteiger charge is 2.31. The summed E-state index contributed by atoms with van der Waals surface area (Å²) in [4.78, 5) is 30.5. The van der Waals surface area contributed by atoms with Gasteiger partial charge in [0, 0.05) is 19.2 Å². The molecule has 0 bridgehead atoms. The summed E-state index contributed by atoms with van der Waals surface area (Å²) in [6, 6.07) is 6.12. The van der Waals surface area contributed by atoms with E-state index < -0.39 is 0 Å². The normalized spacial score (nSPS) is 18.0. The maximum absolute atomic E-state index is 12.6. The van der Waals surface area contributed by atoms with Crippen LogP contribution in [0.3, 0.4) is 0 Å². The third-order valence-corrected chi connectivity index (χ3v) is 3.88. The van der Waals surface area contributed by atoms with Gasteiger partial charge in [-0.05, 0) is 24.3 Å². The Morgan fingerprint density at radius 2 is 2.22 bits per heavy atom. The molecule has 6 nitrogen and oxygen atoms in total. The molecule has 0 N–H and O–H groups in total. The number of amides is 1. The average molecular weight is 335 g/mol. The summed E-state index contributed by atoms with van der Waals surface area (Å²) < 4.78 is 10.5. The van der Waals surface area contributed by atoms with Crippen molar-refractivity contribution in [3.8, 4) is 0 Å². The second-order valence-corrected chi connectivity index (χ2v) is 5.63. The molecular formula is C16H15ClN2O4. The van der Waals surface area contributed by atoms with Gasteiger partial charge in [-0.2, -0.15) is 0 Å². The average Bonchev–Trinajstić information content (AvgIpc) is 3.10. The summed E-state index contributed by atoms with van der Waals surface area (Å²) in [5, 5.41) is 0.466. The van der Waals surface area contributed by atoms with Gasteiger partial charge in [-0.15, -0.1) is 0 Å². The first-order valence-corrected chi connectivity index (χ1v) is 7.60. The van der Waals surface area contributed by atoms with E-state index in [0.717, 1.165) is 0 Å². The standard InChI is InChI=1S/C16H15ClN2O4/c17-11-3-4-13(18-9-11)16(21)19-5-7-22-10-12(19)8-14(20)15-2-1-6-23-15/h1-4,6,9,12H,5,7-8,10H2. The van der Waals surface area contributed by atoms with Crippen molar-refractivity contribution in [1.82, 2.24) is 9.88 Å². The topological polar surface area (TPSA) is 72.6 Å². The molecule has 0 aliphatic carbocycles. The van der Waals surface area contributed by atoms with E-state index in [1.807, 2.05) is 0 Å². The summed E-state index contributed by atoms with van der Waals surface area (Å²) in [5.74, 6) is -0.109. The maximum Gasteiger partial charge on any atom is 0.272 e. The summed E-state index contributed by atoms with van der Waals surface area (Å²) in [7, 11) is 0. The Labute approximate surface area is 138 Å². The number of ether oxygens (including phenoxy) is 1. The molecule has 1 aliphatic heterocycles. The van der Waals surface area contributed by atoms with Crippen LogP contribution >= 0.6 is 11.6 Å². The first kappa shape index (κ1) is 15.7. The predicted molar refractivity (Wildman–Crippen MR) is 82.5 cm³/mol. The van der Waals surface area contributed by atoms with Gasteiger partial charge in [-0.3, -0.25) is 9.59 Å². The number of aromatic nitrogens is 1. The van der Waals surface area contributed by atoms with Crippen LogP contribution < -0.4 is 0 Å². The summed E-state index contributed by atoms with van der Waals surface area (Å²) in [5.41, 5.74) is 0.298. The summed E-state index contributed by atoms with van der Waals surface area (Å²) in [6.07, 6.45) is 3.02. The molecule has 0 spiro atoms. The van der Waals surface area contributed by atoms with Gasteiger partial charge < -0.3 is 14.1 Å². The lowest BCUT2D eigenvalue weighted by molar-refractivity contribution is -0.00332. The lowest BCUT2D eigenvalue weighted by atomic mass is 10.1. The van der Waals surface area contributed by atoms with Crippen LogP contribution in [0.5, 0.6) is 0 Å². The molecule has 120 valence electrons. The van der Waals surface area contributed by atoms with Crippen molar-refractivity contribution in [2.24, 2.45) is 0 Å². The quantitative estimate of drug-likeness (QED) is 0.803. The van der Waals surface area contributed by atoms with Gasteiger partial charge in [0.2, 0.25) is 0 Å². The van der Waals surface area contributed by atoms with Crippen LogP contribution in [0, 0.1) is 0 Å². The SMILES string of the molecule is O=C(CC1COCCN1C(=O)c1ccc(Cl)cn1)c1ccco1. The van der Waals surface area contributed by atoms with E-state index in [1.165, 1.54) is 12.5 Å². The molecule has 23 heavy (non-hydrogen) atoms. The molecule has 3 rings (SSSR count). The molecule has 1 fully saturated rings. The highest BCUT2D eigenvalue weighted by Crippen LogP contribution is 2.17. The van der Waals surface area contributed by atoms with Crippen LogP contribution in [0.4, 0.5) is 0 Å². The van der Waals surface area contributed by atoms with Gasteiger partial charge in [0.25, 0.3) is 5.91 Å². The Kier molecular flexibility index (Phi) is 4.73. The van der Waals surface area contributed by atoms with Crippen LogP contribution in [0.2, 0.25) is 5.02 Å². The summed E-state index contributed by atoms with van der Waals surface area (Å²) >= 11 is 5.79. The Bertz CT molecular complexity index is 685. The highest BCUT2D eigenvalue weighted by atomic mass is 35.5. The third kappa shape index (κ3) is 3.60. The number of pyridine rings is 1. The molecule has 1 saturated heterocycles. The molecular weight excluding hydrogens is 320 g/mol. The fourth-order valence-corrected chi connectivity index (χ4v) is 2.60. The Morgan fingerprint density at radius 1 is 1.35 bits per heavy atom. The fourth-order valence-electron chi connectivity index (χ4n) is 2.49. The van der Waals surface area contributed by atoms with E-state index in [9.17, 15) is 9.59 Å². The second kappa shape index (κ2) is 6.93. The smallest absolute Gasteiger partial charge is 0.272 e. The van der Waals surface area contributed by atoms with E-state index in [1.54, 1.807) is 29.2 Å². The number of carbonyl (C=O) groups excluding carboxylic acids is 2. The number of rotatable bonds is 4. The van der Waals surface area contributed by atoms with Crippen molar-refractivity contribution >= 4 is 23.3 Å². The molecule has 1 unspecified atom stereocenters. The first-order chi connectivity index (χ1) is 11.1. The predicted octanol–water partition coefficient (Wildman–Crippen LogP) is 2.44. The van der Waals surface area contributed by atoms with Crippen LogP contribution in [0.1, 0.15) is 27.5 Å². The third-order valence-electron chi connectivity index (χ3n) is 3.65. The van der Waals surface area contributed by atoms with E-state index in [4.69, 9.17) is 20.8 Å². The molecule has 3 heterocycles. The highest BCUT2D eigenvalue weighted by molar-refractivity contribution is 6.30. The number of morpholine rings is 1. The zero-order valence-corrected chi connectivity index (χ0v) is 13.0. The number of ketones is 1. The molecule has 0 aromatic carbocycles. The van der Waals surface area contributed by atoms with Crippen molar-refractivity contribution in [2.45, 2.75) is 12.5 Å². The Hall–Kier alpha value is -2.18. The van der Waals surface area contributed by atoms with E-state index in [2.05, 4.69) is 4.98 Å². The zero-order valence-electron chi connectivity index (χ0n) is 12.3. The van der Waals surface area contributed by atoms with Crippen LogP contribution in [-0.2, 0) is 4.74 Å². The zero-order chi connectivity index (χ0) is 16.2. The Morgan fingerprint density at radius 3 is 2.91 bits per heavy atom. The minimum Gasteiger partial charge on any atom is -0.461 e. The molecule has 2 aromatic heterocycles. The largest absolute Gasteiger partial charge is 0.461 e. The number of halogens is 1. The van der Waals surface area contributed by atoms with Gasteiger partial charge in [-0.25, -0.2) is 4.98 Å². The minimum atomic E-state index is -0.341. The number of carbonyl (C=O) groups is 2. The molecule has 1 atom stereocenters. The van der Waals surface area contributed by atoms with Crippen LogP contribution in [0.15, 0.2) is 41.1 Å². The molecule has 0 saturated carbocycles.